The number of fused-ring (bicyclic) bond motifs is 1. The molecule has 0 fully saturated rings. The molecule has 0 saturated carbocycles. The van der Waals surface area contributed by atoms with E-state index in [2.05, 4.69) is 0 Å². The number of aromatic nitrogens is 1. The van der Waals surface area contributed by atoms with Gasteiger partial charge in [-0.3, -0.25) is 4.79 Å². The maximum absolute atomic E-state index is 13.2. The molecule has 5 aromatic rings. The van der Waals surface area contributed by atoms with Gasteiger partial charge in [0.1, 0.15) is 9.71 Å². The molecule has 0 radical (unpaired) electrons. The second-order valence-corrected chi connectivity index (χ2v) is 9.61. The van der Waals surface area contributed by atoms with Crippen LogP contribution in [-0.4, -0.2) is 32.1 Å². The summed E-state index contributed by atoms with van der Waals surface area (Å²) in [5.41, 5.74) is 10.4. The first-order valence-corrected chi connectivity index (χ1v) is 12.4. The number of anilines is 1. The number of rotatable bonds is 7. The van der Waals surface area contributed by atoms with Gasteiger partial charge in [-0.2, -0.15) is 0 Å². The summed E-state index contributed by atoms with van der Waals surface area (Å²) in [5.74, 6) is 1.45. The molecule has 0 aliphatic heterocycles. The molecule has 2 aromatic carbocycles. The Labute approximate surface area is 210 Å². The Hall–Kier alpha value is -3.88. The third kappa shape index (κ3) is 4.00. The standard InChI is InChI=1S/C27H22N2O4S2/c1-31-19-12-16(13-20(32-2)25(19)33-3)17-14-18(15-8-5-4-6-9-15)29-27-22(17)23(28)26(35-27)24(30)21-10-7-11-34-21/h4-14H,28H2,1-3H3. The van der Waals surface area contributed by atoms with Crippen LogP contribution in [0.25, 0.3) is 32.6 Å². The van der Waals surface area contributed by atoms with Gasteiger partial charge in [-0.05, 0) is 40.8 Å². The summed E-state index contributed by atoms with van der Waals surface area (Å²) >= 11 is 2.70. The molecular formula is C27H22N2O4S2. The normalized spacial score (nSPS) is 10.9. The van der Waals surface area contributed by atoms with Crippen molar-refractivity contribution in [2.45, 2.75) is 0 Å². The van der Waals surface area contributed by atoms with E-state index >= 15 is 0 Å². The number of hydrogen-bond donors (Lipinski definition) is 1. The van der Waals surface area contributed by atoms with Crippen LogP contribution in [0, 0.1) is 0 Å². The van der Waals surface area contributed by atoms with Crippen molar-refractivity contribution >= 4 is 44.4 Å². The van der Waals surface area contributed by atoms with Crippen LogP contribution < -0.4 is 19.9 Å². The number of pyridine rings is 1. The average molecular weight is 503 g/mol. The minimum atomic E-state index is -0.0994. The lowest BCUT2D eigenvalue weighted by molar-refractivity contribution is 0.104. The number of methoxy groups -OCH3 is 3. The zero-order chi connectivity index (χ0) is 24.5. The second kappa shape index (κ2) is 9.40. The number of ether oxygens (including phenoxy) is 3. The summed E-state index contributed by atoms with van der Waals surface area (Å²) in [6.07, 6.45) is 0. The molecule has 35 heavy (non-hydrogen) atoms. The quantitative estimate of drug-likeness (QED) is 0.255. The van der Waals surface area contributed by atoms with Gasteiger partial charge in [0.05, 0.1) is 37.6 Å². The Morgan fingerprint density at radius 3 is 2.20 bits per heavy atom. The number of carbonyl (C=O) groups excluding carboxylic acids is 1. The molecule has 0 amide bonds. The van der Waals surface area contributed by atoms with Gasteiger partial charge in [-0.1, -0.05) is 36.4 Å². The Bertz CT molecular complexity index is 1500. The lowest BCUT2D eigenvalue weighted by Crippen LogP contribution is -2.00. The predicted octanol–water partition coefficient (Wildman–Crippen LogP) is 6.53. The fourth-order valence-corrected chi connectivity index (χ4v) is 5.84. The summed E-state index contributed by atoms with van der Waals surface area (Å²) in [5, 5.41) is 2.60. The van der Waals surface area contributed by atoms with Gasteiger partial charge in [0.25, 0.3) is 0 Å². The van der Waals surface area contributed by atoms with Gasteiger partial charge in [0.15, 0.2) is 11.5 Å². The molecule has 0 bridgehead atoms. The highest BCUT2D eigenvalue weighted by molar-refractivity contribution is 7.22. The Kier molecular flexibility index (Phi) is 6.15. The third-order valence-corrected chi connectivity index (χ3v) is 7.66. The highest BCUT2D eigenvalue weighted by atomic mass is 32.1. The average Bonchev–Trinajstić information content (AvgIpc) is 3.56. The van der Waals surface area contributed by atoms with Crippen LogP contribution in [0.5, 0.6) is 17.2 Å². The number of hydrogen-bond acceptors (Lipinski definition) is 8. The minimum Gasteiger partial charge on any atom is -0.493 e. The van der Waals surface area contributed by atoms with E-state index in [4.69, 9.17) is 24.9 Å². The smallest absolute Gasteiger partial charge is 0.215 e. The van der Waals surface area contributed by atoms with Gasteiger partial charge >= 0.3 is 0 Å². The third-order valence-electron chi connectivity index (χ3n) is 5.70. The van der Waals surface area contributed by atoms with E-state index < -0.39 is 0 Å². The molecule has 0 spiro atoms. The SMILES string of the molecule is COc1cc(-c2cc(-c3ccccc3)nc3sc(C(=O)c4cccs4)c(N)c23)cc(OC)c1OC. The first-order chi connectivity index (χ1) is 17.0. The number of nitrogen functional groups attached to an aromatic ring is 1. The summed E-state index contributed by atoms with van der Waals surface area (Å²) in [4.78, 5) is 19.9. The zero-order valence-corrected chi connectivity index (χ0v) is 21.0. The van der Waals surface area contributed by atoms with Gasteiger partial charge in [0.2, 0.25) is 11.5 Å². The summed E-state index contributed by atoms with van der Waals surface area (Å²) in [7, 11) is 4.72. The topological polar surface area (TPSA) is 83.7 Å². The molecule has 176 valence electrons. The fourth-order valence-electron chi connectivity index (χ4n) is 4.03. The molecule has 0 unspecified atom stereocenters. The number of ketones is 1. The van der Waals surface area contributed by atoms with E-state index in [-0.39, 0.29) is 5.78 Å². The van der Waals surface area contributed by atoms with Crippen LogP contribution in [0.4, 0.5) is 5.69 Å². The van der Waals surface area contributed by atoms with E-state index in [1.807, 2.05) is 60.0 Å². The number of thiophene rings is 2. The van der Waals surface area contributed by atoms with Crippen molar-refractivity contribution in [3.05, 3.63) is 75.8 Å². The van der Waals surface area contributed by atoms with Crippen molar-refractivity contribution in [1.29, 1.82) is 0 Å². The van der Waals surface area contributed by atoms with Crippen LogP contribution in [0.15, 0.2) is 66.0 Å². The molecule has 0 saturated heterocycles. The molecule has 6 nitrogen and oxygen atoms in total. The lowest BCUT2D eigenvalue weighted by Gasteiger charge is -2.15. The number of nitrogens with two attached hydrogens (primary N) is 1. The molecular weight excluding hydrogens is 480 g/mol. The summed E-state index contributed by atoms with van der Waals surface area (Å²) in [6.45, 7) is 0. The minimum absolute atomic E-state index is 0.0994. The first kappa shape index (κ1) is 22.9. The largest absolute Gasteiger partial charge is 0.493 e. The van der Waals surface area contributed by atoms with Crippen LogP contribution in [0.2, 0.25) is 0 Å². The van der Waals surface area contributed by atoms with Crippen molar-refractivity contribution in [2.24, 2.45) is 0 Å². The first-order valence-electron chi connectivity index (χ1n) is 10.7. The van der Waals surface area contributed by atoms with E-state index in [1.165, 1.54) is 22.7 Å². The molecule has 0 atom stereocenters. The molecule has 0 aliphatic rings. The van der Waals surface area contributed by atoms with Crippen molar-refractivity contribution in [1.82, 2.24) is 4.98 Å². The molecule has 3 aromatic heterocycles. The monoisotopic (exact) mass is 502 g/mol. The summed E-state index contributed by atoms with van der Waals surface area (Å²) < 4.78 is 16.7. The number of carbonyl (C=O) groups is 1. The van der Waals surface area contributed by atoms with Crippen molar-refractivity contribution in [2.75, 3.05) is 27.1 Å². The van der Waals surface area contributed by atoms with Crippen LogP contribution in [-0.2, 0) is 0 Å². The zero-order valence-electron chi connectivity index (χ0n) is 19.3. The highest BCUT2D eigenvalue weighted by Crippen LogP contribution is 2.46. The molecule has 0 aliphatic carbocycles. The van der Waals surface area contributed by atoms with Crippen LogP contribution >= 0.6 is 22.7 Å². The molecule has 3 heterocycles. The summed E-state index contributed by atoms with van der Waals surface area (Å²) in [6, 6.07) is 19.3. The Balaban J connectivity index is 1.81. The maximum atomic E-state index is 13.2. The van der Waals surface area contributed by atoms with E-state index in [1.54, 1.807) is 27.4 Å². The molecule has 2 N–H and O–H groups in total. The van der Waals surface area contributed by atoms with Crippen LogP contribution in [0.3, 0.4) is 0 Å². The van der Waals surface area contributed by atoms with Crippen LogP contribution in [0.1, 0.15) is 14.5 Å². The fraction of sp³-hybridized carbons (Fsp3) is 0.111. The van der Waals surface area contributed by atoms with Crippen molar-refractivity contribution < 1.29 is 19.0 Å². The lowest BCUT2D eigenvalue weighted by atomic mass is 9.98. The second-order valence-electron chi connectivity index (χ2n) is 7.67. The van der Waals surface area contributed by atoms with E-state index in [0.717, 1.165) is 27.8 Å². The predicted molar refractivity (Wildman–Crippen MR) is 142 cm³/mol. The Morgan fingerprint density at radius 2 is 1.60 bits per heavy atom. The van der Waals surface area contributed by atoms with Crippen molar-refractivity contribution in [3.8, 4) is 39.6 Å². The van der Waals surface area contributed by atoms with Gasteiger partial charge in [0, 0.05) is 10.9 Å². The van der Waals surface area contributed by atoms with Crippen molar-refractivity contribution in [3.63, 3.8) is 0 Å². The van der Waals surface area contributed by atoms with E-state index in [9.17, 15) is 4.79 Å². The number of nitrogens with zero attached hydrogens (tertiary/aromatic N) is 1. The molecule has 5 rings (SSSR count). The Morgan fingerprint density at radius 1 is 0.886 bits per heavy atom. The van der Waals surface area contributed by atoms with Gasteiger partial charge < -0.3 is 19.9 Å². The highest BCUT2D eigenvalue weighted by Gasteiger charge is 2.24. The maximum Gasteiger partial charge on any atom is 0.215 e. The van der Waals surface area contributed by atoms with E-state index in [0.29, 0.717) is 37.5 Å². The molecule has 8 heteroatoms. The number of benzene rings is 2. The van der Waals surface area contributed by atoms with Gasteiger partial charge in [-0.25, -0.2) is 4.98 Å². The van der Waals surface area contributed by atoms with Gasteiger partial charge in [-0.15, -0.1) is 22.7 Å².